The van der Waals surface area contributed by atoms with Gasteiger partial charge in [-0.3, -0.25) is 0 Å². The lowest BCUT2D eigenvalue weighted by Gasteiger charge is -2.12. The molecule has 0 fully saturated rings. The fourth-order valence-corrected chi connectivity index (χ4v) is 3.87. The molecule has 0 heterocycles. The van der Waals surface area contributed by atoms with Crippen LogP contribution in [0.25, 0.3) is 0 Å². The van der Waals surface area contributed by atoms with Gasteiger partial charge in [0.25, 0.3) is 0 Å². The topological polar surface area (TPSA) is 44.8 Å². The molecule has 2 rings (SSSR count). The zero-order valence-electron chi connectivity index (χ0n) is 16.8. The summed E-state index contributed by atoms with van der Waals surface area (Å²) in [6.45, 7) is 9.01. The number of carbonyl (C=O) groups excluding carboxylic acids is 1. The summed E-state index contributed by atoms with van der Waals surface area (Å²) in [6.07, 6.45) is 0. The Balaban J connectivity index is 1.95. The van der Waals surface area contributed by atoms with Crippen molar-refractivity contribution in [2.24, 2.45) is 5.92 Å². The van der Waals surface area contributed by atoms with Gasteiger partial charge >= 0.3 is 5.97 Å². The van der Waals surface area contributed by atoms with E-state index in [-0.39, 0.29) is 12.6 Å². The summed E-state index contributed by atoms with van der Waals surface area (Å²) in [5.41, 5.74) is 2.18. The van der Waals surface area contributed by atoms with E-state index in [9.17, 15) is 4.79 Å². The number of thioether (sulfide) groups is 1. The van der Waals surface area contributed by atoms with Gasteiger partial charge in [-0.25, -0.2) is 4.79 Å². The maximum Gasteiger partial charge on any atom is 0.344 e. The molecule has 0 unspecified atom stereocenters. The van der Waals surface area contributed by atoms with Crippen molar-refractivity contribution >= 4 is 33.7 Å². The maximum atomic E-state index is 11.4. The monoisotopic (exact) mass is 466 g/mol. The molecular formula is C22H27BrO4S. The van der Waals surface area contributed by atoms with Crippen molar-refractivity contribution in [1.82, 2.24) is 0 Å². The van der Waals surface area contributed by atoms with Crippen molar-refractivity contribution < 1.29 is 19.0 Å². The van der Waals surface area contributed by atoms with E-state index in [1.54, 1.807) is 18.7 Å². The number of aryl methyl sites for hydroxylation is 1. The lowest BCUT2D eigenvalue weighted by Crippen LogP contribution is -2.14. The van der Waals surface area contributed by atoms with Crippen LogP contribution in [0.4, 0.5) is 0 Å². The molecule has 28 heavy (non-hydrogen) atoms. The highest BCUT2D eigenvalue weighted by molar-refractivity contribution is 9.10. The molecule has 0 aromatic heterocycles. The van der Waals surface area contributed by atoms with E-state index < -0.39 is 0 Å². The molecule has 0 radical (unpaired) electrons. The average molecular weight is 467 g/mol. The fraction of sp³-hybridized carbons (Fsp3) is 0.409. The summed E-state index contributed by atoms with van der Waals surface area (Å²) in [5.74, 6) is 2.55. The first kappa shape index (κ1) is 22.6. The average Bonchev–Trinajstić information content (AvgIpc) is 2.64. The van der Waals surface area contributed by atoms with Gasteiger partial charge in [0, 0.05) is 15.1 Å². The minimum absolute atomic E-state index is 0.0711. The van der Waals surface area contributed by atoms with Crippen LogP contribution in [0.2, 0.25) is 0 Å². The third-order valence-electron chi connectivity index (χ3n) is 3.72. The molecule has 0 saturated carbocycles. The fourth-order valence-electron chi connectivity index (χ4n) is 2.43. The van der Waals surface area contributed by atoms with Gasteiger partial charge in [0.1, 0.15) is 11.5 Å². The molecule has 0 atom stereocenters. The van der Waals surface area contributed by atoms with Crippen LogP contribution in [0.1, 0.15) is 31.9 Å². The van der Waals surface area contributed by atoms with Crippen LogP contribution in [0.5, 0.6) is 11.5 Å². The largest absolute Gasteiger partial charge is 0.493 e. The Kier molecular flexibility index (Phi) is 9.19. The normalized spacial score (nSPS) is 10.8. The zero-order valence-corrected chi connectivity index (χ0v) is 19.2. The van der Waals surface area contributed by atoms with E-state index in [1.165, 1.54) is 5.56 Å². The number of carbonyl (C=O) groups is 1. The Morgan fingerprint density at radius 3 is 2.61 bits per heavy atom. The summed E-state index contributed by atoms with van der Waals surface area (Å²) in [5, 5.41) is 0. The molecule has 0 aliphatic carbocycles. The zero-order chi connectivity index (χ0) is 20.5. The third-order valence-corrected chi connectivity index (χ3v) is 5.24. The molecule has 0 N–H and O–H groups in total. The molecule has 4 nitrogen and oxygen atoms in total. The van der Waals surface area contributed by atoms with E-state index in [0.29, 0.717) is 24.9 Å². The lowest BCUT2D eigenvalue weighted by atomic mass is 10.2. The molecule has 0 spiro atoms. The van der Waals surface area contributed by atoms with Gasteiger partial charge in [-0.15, -0.1) is 11.8 Å². The minimum Gasteiger partial charge on any atom is -0.493 e. The van der Waals surface area contributed by atoms with Gasteiger partial charge in [0.05, 0.1) is 13.2 Å². The predicted octanol–water partition coefficient (Wildman–Crippen LogP) is 6.03. The van der Waals surface area contributed by atoms with E-state index >= 15 is 0 Å². The number of hydrogen-bond acceptors (Lipinski definition) is 5. The molecule has 0 amide bonds. The number of ether oxygens (including phenoxy) is 3. The van der Waals surface area contributed by atoms with Crippen LogP contribution >= 0.6 is 27.7 Å². The van der Waals surface area contributed by atoms with Gasteiger partial charge in [-0.1, -0.05) is 29.8 Å². The maximum absolute atomic E-state index is 11.4. The number of rotatable bonds is 10. The lowest BCUT2D eigenvalue weighted by molar-refractivity contribution is -0.145. The first-order valence-corrected chi connectivity index (χ1v) is 11.1. The van der Waals surface area contributed by atoms with Gasteiger partial charge in [0.2, 0.25) is 0 Å². The summed E-state index contributed by atoms with van der Waals surface area (Å²) in [7, 11) is 0. The summed E-state index contributed by atoms with van der Waals surface area (Å²) < 4.78 is 17.3. The van der Waals surface area contributed by atoms with E-state index in [0.717, 1.165) is 26.4 Å². The number of benzene rings is 2. The Morgan fingerprint density at radius 2 is 1.93 bits per heavy atom. The van der Waals surface area contributed by atoms with Crippen LogP contribution in [0, 0.1) is 12.8 Å². The molecular weight excluding hydrogens is 440 g/mol. The van der Waals surface area contributed by atoms with Crippen LogP contribution in [-0.4, -0.2) is 25.8 Å². The van der Waals surface area contributed by atoms with Crippen molar-refractivity contribution in [3.05, 3.63) is 52.0 Å². The first-order chi connectivity index (χ1) is 13.4. The Hall–Kier alpha value is -1.66. The summed E-state index contributed by atoms with van der Waals surface area (Å²) in [6, 6.07) is 12.2. The Labute approximate surface area is 180 Å². The minimum atomic E-state index is -0.356. The second kappa shape index (κ2) is 11.4. The molecule has 0 bridgehead atoms. The number of hydrogen-bond donors (Lipinski definition) is 0. The van der Waals surface area contributed by atoms with Crippen molar-refractivity contribution in [2.45, 2.75) is 38.3 Å². The number of halogens is 1. The molecule has 0 saturated heterocycles. The van der Waals surface area contributed by atoms with Gasteiger partial charge in [-0.2, -0.15) is 0 Å². The second-order valence-corrected chi connectivity index (χ2v) is 8.77. The standard InChI is InChI=1S/C22H27BrO4S/c1-5-25-22(24)13-27-21-7-6-20(8-16(21)4)28-14-17-9-18(23)11-19(10-17)26-12-15(2)3/h6-11,15H,5,12-14H2,1-4H3. The van der Waals surface area contributed by atoms with Crippen LogP contribution < -0.4 is 9.47 Å². The molecule has 0 aliphatic heterocycles. The third kappa shape index (κ3) is 7.76. The molecule has 6 heteroatoms. The van der Waals surface area contributed by atoms with Gasteiger partial charge in [0.15, 0.2) is 6.61 Å². The first-order valence-electron chi connectivity index (χ1n) is 9.31. The Bertz CT molecular complexity index is 792. The Morgan fingerprint density at radius 1 is 1.14 bits per heavy atom. The van der Waals surface area contributed by atoms with Crippen molar-refractivity contribution in [3.8, 4) is 11.5 Å². The van der Waals surface area contributed by atoms with Crippen molar-refractivity contribution in [1.29, 1.82) is 0 Å². The molecule has 2 aromatic carbocycles. The van der Waals surface area contributed by atoms with E-state index in [4.69, 9.17) is 14.2 Å². The molecule has 2 aromatic rings. The highest BCUT2D eigenvalue weighted by Crippen LogP contribution is 2.30. The smallest absolute Gasteiger partial charge is 0.344 e. The summed E-state index contributed by atoms with van der Waals surface area (Å²) >= 11 is 5.31. The quantitative estimate of drug-likeness (QED) is 0.316. The molecule has 152 valence electrons. The highest BCUT2D eigenvalue weighted by atomic mass is 79.9. The van der Waals surface area contributed by atoms with E-state index in [1.807, 2.05) is 25.1 Å². The van der Waals surface area contributed by atoms with Crippen molar-refractivity contribution in [2.75, 3.05) is 19.8 Å². The number of esters is 1. The molecule has 0 aliphatic rings. The second-order valence-electron chi connectivity index (χ2n) is 6.81. The van der Waals surface area contributed by atoms with Gasteiger partial charge < -0.3 is 14.2 Å². The predicted molar refractivity (Wildman–Crippen MR) is 117 cm³/mol. The van der Waals surface area contributed by atoms with Gasteiger partial charge in [-0.05, 0) is 67.3 Å². The SMILES string of the molecule is CCOC(=O)COc1ccc(SCc2cc(Br)cc(OCC(C)C)c2)cc1C. The van der Waals surface area contributed by atoms with Crippen molar-refractivity contribution in [3.63, 3.8) is 0 Å². The van der Waals surface area contributed by atoms with Crippen LogP contribution in [0.3, 0.4) is 0 Å². The van der Waals surface area contributed by atoms with E-state index in [2.05, 4.69) is 48.0 Å². The summed E-state index contributed by atoms with van der Waals surface area (Å²) in [4.78, 5) is 12.6. The van der Waals surface area contributed by atoms with Crippen LogP contribution in [-0.2, 0) is 15.3 Å². The highest BCUT2D eigenvalue weighted by Gasteiger charge is 2.08. The van der Waals surface area contributed by atoms with Crippen LogP contribution in [0.15, 0.2) is 45.8 Å².